The predicted octanol–water partition coefficient (Wildman–Crippen LogP) is 2.90. The van der Waals surface area contributed by atoms with Gasteiger partial charge in [0.05, 0.1) is 6.10 Å². The molecule has 5 heteroatoms. The summed E-state index contributed by atoms with van der Waals surface area (Å²) in [6, 6.07) is 7.36. The van der Waals surface area contributed by atoms with E-state index in [0.717, 1.165) is 18.6 Å². The molecule has 0 saturated heterocycles. The molecule has 21 heavy (non-hydrogen) atoms. The van der Waals surface area contributed by atoms with Crippen molar-refractivity contribution >= 4 is 18.3 Å². The molecule has 0 spiro atoms. The van der Waals surface area contributed by atoms with Crippen LogP contribution in [0.25, 0.3) is 0 Å². The smallest absolute Gasteiger partial charge is 0.251 e. The van der Waals surface area contributed by atoms with Crippen LogP contribution < -0.4 is 15.8 Å². The number of hydrogen-bond donors (Lipinski definition) is 2. The first-order valence-electron chi connectivity index (χ1n) is 7.29. The SMILES string of the molecule is CC(C)(CN)NC(=O)c1cccc(OC2CCCC2)c1.Cl. The molecular weight excluding hydrogens is 288 g/mol. The molecule has 3 N–H and O–H groups in total. The van der Waals surface area contributed by atoms with E-state index in [2.05, 4.69) is 5.32 Å². The highest BCUT2D eigenvalue weighted by Gasteiger charge is 2.20. The van der Waals surface area contributed by atoms with Crippen molar-refractivity contribution < 1.29 is 9.53 Å². The summed E-state index contributed by atoms with van der Waals surface area (Å²) in [5.41, 5.74) is 5.84. The molecule has 1 fully saturated rings. The minimum absolute atomic E-state index is 0. The molecule has 4 nitrogen and oxygen atoms in total. The Hall–Kier alpha value is -1.26. The molecule has 0 heterocycles. The van der Waals surface area contributed by atoms with Crippen molar-refractivity contribution in [3.63, 3.8) is 0 Å². The summed E-state index contributed by atoms with van der Waals surface area (Å²) in [4.78, 5) is 12.2. The number of hydrogen-bond acceptors (Lipinski definition) is 3. The zero-order chi connectivity index (χ0) is 14.6. The number of amides is 1. The normalized spacial score (nSPS) is 15.4. The van der Waals surface area contributed by atoms with Gasteiger partial charge in [-0.05, 0) is 57.7 Å². The van der Waals surface area contributed by atoms with Gasteiger partial charge in [-0.3, -0.25) is 4.79 Å². The first-order valence-corrected chi connectivity index (χ1v) is 7.29. The number of nitrogens with two attached hydrogens (primary N) is 1. The highest BCUT2D eigenvalue weighted by molar-refractivity contribution is 5.95. The number of carbonyl (C=O) groups is 1. The van der Waals surface area contributed by atoms with Crippen LogP contribution in [-0.2, 0) is 0 Å². The molecule has 1 amide bonds. The number of rotatable bonds is 5. The molecule has 1 aliphatic carbocycles. The average molecular weight is 313 g/mol. The number of halogens is 1. The zero-order valence-corrected chi connectivity index (χ0v) is 13.5. The van der Waals surface area contributed by atoms with E-state index < -0.39 is 5.54 Å². The van der Waals surface area contributed by atoms with Gasteiger partial charge in [-0.1, -0.05) is 6.07 Å². The van der Waals surface area contributed by atoms with Crippen molar-refractivity contribution in [1.29, 1.82) is 0 Å². The zero-order valence-electron chi connectivity index (χ0n) is 12.7. The van der Waals surface area contributed by atoms with E-state index in [0.29, 0.717) is 18.2 Å². The Morgan fingerprint density at radius 3 is 2.67 bits per heavy atom. The van der Waals surface area contributed by atoms with Crippen molar-refractivity contribution in [2.45, 2.75) is 51.2 Å². The summed E-state index contributed by atoms with van der Waals surface area (Å²) in [7, 11) is 0. The molecule has 0 bridgehead atoms. The van der Waals surface area contributed by atoms with E-state index in [1.165, 1.54) is 12.8 Å². The largest absolute Gasteiger partial charge is 0.490 e. The topological polar surface area (TPSA) is 64.3 Å². The van der Waals surface area contributed by atoms with Gasteiger partial charge in [-0.15, -0.1) is 12.4 Å². The van der Waals surface area contributed by atoms with Crippen LogP contribution in [0.5, 0.6) is 5.75 Å². The summed E-state index contributed by atoms with van der Waals surface area (Å²) in [5, 5.41) is 2.92. The summed E-state index contributed by atoms with van der Waals surface area (Å²) in [6.07, 6.45) is 4.98. The van der Waals surface area contributed by atoms with Crippen molar-refractivity contribution in [2.24, 2.45) is 5.73 Å². The fourth-order valence-corrected chi connectivity index (χ4v) is 2.34. The van der Waals surface area contributed by atoms with Crippen molar-refractivity contribution in [2.75, 3.05) is 6.54 Å². The van der Waals surface area contributed by atoms with E-state index in [9.17, 15) is 4.79 Å². The number of ether oxygens (including phenoxy) is 1. The third-order valence-corrected chi connectivity index (χ3v) is 3.66. The number of nitrogens with one attached hydrogen (secondary N) is 1. The van der Waals surface area contributed by atoms with Crippen LogP contribution in [0.3, 0.4) is 0 Å². The van der Waals surface area contributed by atoms with Crippen LogP contribution in [-0.4, -0.2) is 24.1 Å². The molecule has 0 unspecified atom stereocenters. The lowest BCUT2D eigenvalue weighted by molar-refractivity contribution is 0.0915. The van der Waals surface area contributed by atoms with Gasteiger partial charge in [0, 0.05) is 17.6 Å². The monoisotopic (exact) mass is 312 g/mol. The van der Waals surface area contributed by atoms with Gasteiger partial charge in [-0.25, -0.2) is 0 Å². The first-order chi connectivity index (χ1) is 9.50. The second-order valence-electron chi connectivity index (χ2n) is 6.09. The van der Waals surface area contributed by atoms with Gasteiger partial charge in [0.1, 0.15) is 5.75 Å². The minimum atomic E-state index is -0.403. The Balaban J connectivity index is 0.00000220. The van der Waals surface area contributed by atoms with Crippen molar-refractivity contribution in [3.8, 4) is 5.75 Å². The van der Waals surface area contributed by atoms with E-state index in [1.807, 2.05) is 26.0 Å². The molecule has 1 aliphatic rings. The van der Waals surface area contributed by atoms with Gasteiger partial charge in [0.25, 0.3) is 5.91 Å². The van der Waals surface area contributed by atoms with Crippen molar-refractivity contribution in [1.82, 2.24) is 5.32 Å². The summed E-state index contributed by atoms with van der Waals surface area (Å²) < 4.78 is 5.92. The molecule has 0 atom stereocenters. The number of benzene rings is 1. The van der Waals surface area contributed by atoms with Crippen LogP contribution in [0, 0.1) is 0 Å². The first kappa shape index (κ1) is 17.8. The Morgan fingerprint density at radius 1 is 1.38 bits per heavy atom. The highest BCUT2D eigenvalue weighted by Crippen LogP contribution is 2.24. The molecule has 0 aliphatic heterocycles. The maximum atomic E-state index is 12.2. The van der Waals surface area contributed by atoms with Gasteiger partial charge < -0.3 is 15.8 Å². The van der Waals surface area contributed by atoms with Gasteiger partial charge >= 0.3 is 0 Å². The van der Waals surface area contributed by atoms with Gasteiger partial charge in [0.15, 0.2) is 0 Å². The lowest BCUT2D eigenvalue weighted by atomic mass is 10.1. The van der Waals surface area contributed by atoms with Crippen LogP contribution >= 0.6 is 12.4 Å². The Labute approximate surface area is 132 Å². The third kappa shape index (κ3) is 5.21. The number of carbonyl (C=O) groups excluding carboxylic acids is 1. The van der Waals surface area contributed by atoms with Gasteiger partial charge in [0.2, 0.25) is 0 Å². The molecule has 2 rings (SSSR count). The third-order valence-electron chi connectivity index (χ3n) is 3.66. The summed E-state index contributed by atoms with van der Waals surface area (Å²) in [6.45, 7) is 4.21. The molecule has 1 aromatic carbocycles. The predicted molar refractivity (Wildman–Crippen MR) is 87.2 cm³/mol. The van der Waals surface area contributed by atoms with E-state index in [4.69, 9.17) is 10.5 Å². The maximum absolute atomic E-state index is 12.2. The van der Waals surface area contributed by atoms with Crippen molar-refractivity contribution in [3.05, 3.63) is 29.8 Å². The molecular formula is C16H25ClN2O2. The molecule has 118 valence electrons. The van der Waals surface area contributed by atoms with E-state index in [-0.39, 0.29) is 18.3 Å². The standard InChI is InChI=1S/C16H24N2O2.ClH/c1-16(2,11-17)18-15(19)12-6-5-9-14(10-12)20-13-7-3-4-8-13;/h5-6,9-10,13H,3-4,7-8,11,17H2,1-2H3,(H,18,19);1H. The van der Waals surface area contributed by atoms with E-state index in [1.54, 1.807) is 12.1 Å². The maximum Gasteiger partial charge on any atom is 0.251 e. The fourth-order valence-electron chi connectivity index (χ4n) is 2.34. The fraction of sp³-hybridized carbons (Fsp3) is 0.562. The lowest BCUT2D eigenvalue weighted by Gasteiger charge is -2.24. The Bertz CT molecular complexity index is 471. The van der Waals surface area contributed by atoms with Gasteiger partial charge in [-0.2, -0.15) is 0 Å². The van der Waals surface area contributed by atoms with Crippen LogP contribution in [0.4, 0.5) is 0 Å². The second-order valence-corrected chi connectivity index (χ2v) is 6.09. The second kappa shape index (κ2) is 7.66. The quantitative estimate of drug-likeness (QED) is 0.878. The molecule has 1 saturated carbocycles. The molecule has 0 radical (unpaired) electrons. The van der Waals surface area contributed by atoms with Crippen LogP contribution in [0.15, 0.2) is 24.3 Å². The lowest BCUT2D eigenvalue weighted by Crippen LogP contribution is -2.48. The summed E-state index contributed by atoms with van der Waals surface area (Å²) >= 11 is 0. The highest BCUT2D eigenvalue weighted by atomic mass is 35.5. The van der Waals surface area contributed by atoms with Crippen LogP contribution in [0.2, 0.25) is 0 Å². The summed E-state index contributed by atoms with van der Waals surface area (Å²) in [5.74, 6) is 0.660. The average Bonchev–Trinajstić information content (AvgIpc) is 2.91. The minimum Gasteiger partial charge on any atom is -0.490 e. The van der Waals surface area contributed by atoms with E-state index >= 15 is 0 Å². The molecule has 0 aromatic heterocycles. The Morgan fingerprint density at radius 2 is 2.05 bits per heavy atom. The Kier molecular flexibility index (Phi) is 6.49. The van der Waals surface area contributed by atoms with Crippen LogP contribution in [0.1, 0.15) is 49.9 Å². The molecule has 1 aromatic rings.